The largest absolute Gasteiger partial charge is 0.263 e. The van der Waals surface area contributed by atoms with Crippen LogP contribution in [0.4, 0.5) is 0 Å². The summed E-state index contributed by atoms with van der Waals surface area (Å²) >= 11 is 3.59. The zero-order valence-corrected chi connectivity index (χ0v) is 7.61. The van der Waals surface area contributed by atoms with Crippen LogP contribution in [0.5, 0.6) is 0 Å². The molecular weight excluding hydrogens is 187 g/mol. The Kier molecular flexibility index (Phi) is 2.27. The summed E-state index contributed by atoms with van der Waals surface area (Å²) in [7, 11) is 4.29. The summed E-state index contributed by atoms with van der Waals surface area (Å²) in [5.74, 6) is 0. The molecule has 1 fully saturated rings. The lowest BCUT2D eigenvalue weighted by Gasteiger charge is -2.15. The van der Waals surface area contributed by atoms with E-state index in [1.165, 1.54) is 13.1 Å². The van der Waals surface area contributed by atoms with E-state index in [9.17, 15) is 0 Å². The Bertz CT molecular complexity index is 80.1. The van der Waals surface area contributed by atoms with Crippen molar-refractivity contribution >= 4 is 22.4 Å². The minimum Gasteiger partial charge on any atom is -0.263 e. The van der Waals surface area contributed by atoms with Crippen LogP contribution in [-0.4, -0.2) is 36.5 Å². The molecular formula is C4H10BrN2P. The zero-order valence-electron chi connectivity index (χ0n) is 5.13. The standard InChI is InChI=1S/C4H10BrN2P/c1-6-3-4-7(2)8(6)5/h3-4H2,1-2H3. The van der Waals surface area contributed by atoms with Crippen molar-refractivity contribution in [3.8, 4) is 0 Å². The van der Waals surface area contributed by atoms with Crippen LogP contribution in [-0.2, 0) is 0 Å². The van der Waals surface area contributed by atoms with Crippen LogP contribution < -0.4 is 0 Å². The highest BCUT2D eigenvalue weighted by molar-refractivity contribution is 9.38. The van der Waals surface area contributed by atoms with E-state index in [1.807, 2.05) is 0 Å². The highest BCUT2D eigenvalue weighted by Gasteiger charge is 2.22. The van der Waals surface area contributed by atoms with Crippen molar-refractivity contribution in [2.75, 3.05) is 27.2 Å². The first-order chi connectivity index (χ1) is 3.72. The molecule has 0 aromatic heterocycles. The van der Waals surface area contributed by atoms with Crippen LogP contribution in [0.15, 0.2) is 0 Å². The number of hydrogen-bond donors (Lipinski definition) is 0. The first kappa shape index (κ1) is 6.94. The third-order valence-electron chi connectivity index (χ3n) is 1.31. The maximum Gasteiger partial charge on any atom is 0.112 e. The van der Waals surface area contributed by atoms with Gasteiger partial charge < -0.3 is 0 Å². The minimum absolute atomic E-state index is 0.108. The Labute approximate surface area is 59.4 Å². The quantitative estimate of drug-likeness (QED) is 0.542. The average molecular weight is 197 g/mol. The smallest absolute Gasteiger partial charge is 0.112 e. The summed E-state index contributed by atoms with van der Waals surface area (Å²) in [6, 6.07) is 0. The summed E-state index contributed by atoms with van der Waals surface area (Å²) in [6.07, 6.45) is 0. The first-order valence-electron chi connectivity index (χ1n) is 2.60. The molecule has 1 rings (SSSR count). The summed E-state index contributed by atoms with van der Waals surface area (Å²) in [4.78, 5) is 0. The van der Waals surface area contributed by atoms with Gasteiger partial charge in [0.25, 0.3) is 0 Å². The van der Waals surface area contributed by atoms with Crippen LogP contribution in [0.2, 0.25) is 0 Å². The fourth-order valence-corrected chi connectivity index (χ4v) is 2.70. The Hall–Kier alpha value is 0.830. The lowest BCUT2D eigenvalue weighted by atomic mass is 10.6. The SMILES string of the molecule is CN1CCN(C)P1Br. The number of likely N-dealkylation sites (N-methyl/N-ethyl adjacent to an activating group) is 2. The predicted octanol–water partition coefficient (Wildman–Crippen LogP) is 1.49. The van der Waals surface area contributed by atoms with Gasteiger partial charge in [0.05, 0.1) is 0 Å². The molecule has 0 aromatic carbocycles. The Morgan fingerprint density at radius 2 is 1.62 bits per heavy atom. The fraction of sp³-hybridized carbons (Fsp3) is 1.00. The predicted molar refractivity (Wildman–Crippen MR) is 41.1 cm³/mol. The molecule has 0 aliphatic carbocycles. The van der Waals surface area contributed by atoms with Crippen molar-refractivity contribution in [3.63, 3.8) is 0 Å². The van der Waals surface area contributed by atoms with Gasteiger partial charge in [-0.1, -0.05) is 0 Å². The lowest BCUT2D eigenvalue weighted by Crippen LogP contribution is -2.05. The van der Waals surface area contributed by atoms with Crippen LogP contribution in [0.3, 0.4) is 0 Å². The molecule has 0 saturated carbocycles. The van der Waals surface area contributed by atoms with Gasteiger partial charge in [0, 0.05) is 13.1 Å². The molecule has 1 saturated heterocycles. The van der Waals surface area contributed by atoms with Gasteiger partial charge in [-0.15, -0.1) is 0 Å². The summed E-state index contributed by atoms with van der Waals surface area (Å²) < 4.78 is 4.66. The van der Waals surface area contributed by atoms with Crippen molar-refractivity contribution in [2.24, 2.45) is 0 Å². The van der Waals surface area contributed by atoms with E-state index in [2.05, 4.69) is 38.9 Å². The molecule has 0 bridgehead atoms. The normalized spacial score (nSPS) is 27.4. The molecule has 48 valence electrons. The molecule has 8 heavy (non-hydrogen) atoms. The second-order valence-corrected chi connectivity index (χ2v) is 5.75. The van der Waals surface area contributed by atoms with Gasteiger partial charge >= 0.3 is 0 Å². The second-order valence-electron chi connectivity index (χ2n) is 2.00. The van der Waals surface area contributed by atoms with Gasteiger partial charge in [0.1, 0.15) is 6.93 Å². The molecule has 1 aliphatic rings. The number of rotatable bonds is 0. The molecule has 0 amide bonds. The molecule has 0 radical (unpaired) electrons. The first-order valence-corrected chi connectivity index (χ1v) is 5.86. The third-order valence-corrected chi connectivity index (χ3v) is 6.09. The van der Waals surface area contributed by atoms with Gasteiger partial charge in [-0.2, -0.15) is 0 Å². The average Bonchev–Trinajstić information content (AvgIpc) is 1.98. The van der Waals surface area contributed by atoms with Crippen molar-refractivity contribution in [3.05, 3.63) is 0 Å². The zero-order chi connectivity index (χ0) is 6.15. The highest BCUT2D eigenvalue weighted by Crippen LogP contribution is 2.52. The van der Waals surface area contributed by atoms with Crippen LogP contribution in [0, 0.1) is 0 Å². The van der Waals surface area contributed by atoms with E-state index in [0.717, 1.165) is 0 Å². The van der Waals surface area contributed by atoms with E-state index in [0.29, 0.717) is 0 Å². The van der Waals surface area contributed by atoms with E-state index in [-0.39, 0.29) is 6.93 Å². The second kappa shape index (κ2) is 2.61. The maximum absolute atomic E-state index is 3.59. The molecule has 0 aromatic rings. The van der Waals surface area contributed by atoms with Gasteiger partial charge in [0.15, 0.2) is 0 Å². The van der Waals surface area contributed by atoms with Crippen LogP contribution >= 0.6 is 22.4 Å². The topological polar surface area (TPSA) is 6.48 Å². The molecule has 2 nitrogen and oxygen atoms in total. The maximum atomic E-state index is 3.59. The molecule has 0 unspecified atom stereocenters. The van der Waals surface area contributed by atoms with Crippen molar-refractivity contribution in [2.45, 2.75) is 0 Å². The van der Waals surface area contributed by atoms with Crippen molar-refractivity contribution in [1.82, 2.24) is 9.34 Å². The molecule has 0 atom stereocenters. The Balaban J connectivity index is 2.44. The highest BCUT2D eigenvalue weighted by atomic mass is 79.9. The molecule has 1 heterocycles. The molecule has 4 heteroatoms. The van der Waals surface area contributed by atoms with E-state index >= 15 is 0 Å². The van der Waals surface area contributed by atoms with Crippen LogP contribution in [0.1, 0.15) is 0 Å². The third kappa shape index (κ3) is 1.21. The van der Waals surface area contributed by atoms with Gasteiger partial charge in [-0.3, -0.25) is 9.34 Å². The van der Waals surface area contributed by atoms with E-state index in [4.69, 9.17) is 0 Å². The monoisotopic (exact) mass is 196 g/mol. The fourth-order valence-electron chi connectivity index (χ4n) is 0.715. The van der Waals surface area contributed by atoms with E-state index < -0.39 is 0 Å². The molecule has 0 spiro atoms. The van der Waals surface area contributed by atoms with Gasteiger partial charge in [0.2, 0.25) is 0 Å². The van der Waals surface area contributed by atoms with E-state index in [1.54, 1.807) is 0 Å². The lowest BCUT2D eigenvalue weighted by molar-refractivity contribution is 0.553. The van der Waals surface area contributed by atoms with Crippen LogP contribution in [0.25, 0.3) is 0 Å². The van der Waals surface area contributed by atoms with Gasteiger partial charge in [-0.05, 0) is 29.6 Å². The minimum atomic E-state index is -0.108. The Morgan fingerprint density at radius 1 is 1.25 bits per heavy atom. The number of halogens is 1. The number of nitrogens with zero attached hydrogens (tertiary/aromatic N) is 2. The Morgan fingerprint density at radius 3 is 1.75 bits per heavy atom. The molecule has 1 aliphatic heterocycles. The van der Waals surface area contributed by atoms with Crippen molar-refractivity contribution < 1.29 is 0 Å². The molecule has 0 N–H and O–H groups in total. The van der Waals surface area contributed by atoms with Crippen molar-refractivity contribution in [1.29, 1.82) is 0 Å². The number of hydrogen-bond acceptors (Lipinski definition) is 2. The summed E-state index contributed by atoms with van der Waals surface area (Å²) in [6.45, 7) is 2.30. The summed E-state index contributed by atoms with van der Waals surface area (Å²) in [5.41, 5.74) is 0. The van der Waals surface area contributed by atoms with Gasteiger partial charge in [-0.25, -0.2) is 0 Å². The summed E-state index contributed by atoms with van der Waals surface area (Å²) in [5, 5.41) is 0.